The first-order valence-corrected chi connectivity index (χ1v) is 9.72. The van der Waals surface area contributed by atoms with Crippen LogP contribution in [0.2, 0.25) is 0 Å². The highest BCUT2D eigenvalue weighted by Gasteiger charge is 2.29. The van der Waals surface area contributed by atoms with Crippen molar-refractivity contribution in [2.45, 2.75) is 32.4 Å². The zero-order chi connectivity index (χ0) is 17.5. The number of hydrogen-bond acceptors (Lipinski definition) is 3. The van der Waals surface area contributed by atoms with E-state index in [9.17, 15) is 0 Å². The molecule has 5 rings (SSSR count). The monoisotopic (exact) mass is 346 g/mol. The Morgan fingerprint density at radius 2 is 1.73 bits per heavy atom. The number of fused-ring (bicyclic) bond motifs is 2. The van der Waals surface area contributed by atoms with Gasteiger partial charge in [0.15, 0.2) is 0 Å². The van der Waals surface area contributed by atoms with Crippen molar-refractivity contribution in [2.75, 3.05) is 26.2 Å². The third kappa shape index (κ3) is 3.04. The topological polar surface area (TPSA) is 23.8 Å². The molecular formula is C22H26N4. The second kappa shape index (κ2) is 6.53. The quantitative estimate of drug-likeness (QED) is 0.729. The second-order valence-corrected chi connectivity index (χ2v) is 7.84. The summed E-state index contributed by atoms with van der Waals surface area (Å²) in [5, 5.41) is 0. The molecule has 3 heterocycles. The minimum atomic E-state index is 0.702. The van der Waals surface area contributed by atoms with Gasteiger partial charge in [-0.05, 0) is 48.6 Å². The van der Waals surface area contributed by atoms with Crippen LogP contribution in [0.1, 0.15) is 22.4 Å². The molecule has 0 unspecified atom stereocenters. The fraction of sp³-hybridized carbons (Fsp3) is 0.409. The Balaban J connectivity index is 1.19. The maximum absolute atomic E-state index is 4.80. The standard InChI is InChI=1S/C22H26N4/c1-17-6-7-26-16-20(23-22(26)12-17)15-24-8-10-25(11-9-24)21-13-18-4-2-3-5-19(18)14-21/h2-7,12,16,21H,8-11,13-15H2,1H3. The molecule has 0 N–H and O–H groups in total. The normalized spacial score (nSPS) is 19.3. The molecule has 0 atom stereocenters. The van der Waals surface area contributed by atoms with E-state index in [-0.39, 0.29) is 0 Å². The molecule has 4 heteroatoms. The summed E-state index contributed by atoms with van der Waals surface area (Å²) in [6.07, 6.45) is 6.73. The summed E-state index contributed by atoms with van der Waals surface area (Å²) < 4.78 is 2.13. The lowest BCUT2D eigenvalue weighted by Crippen LogP contribution is -2.50. The number of aryl methyl sites for hydroxylation is 1. The number of piperazine rings is 1. The number of aromatic nitrogens is 2. The molecule has 1 aliphatic carbocycles. The number of pyridine rings is 1. The van der Waals surface area contributed by atoms with Gasteiger partial charge >= 0.3 is 0 Å². The molecule has 26 heavy (non-hydrogen) atoms. The molecule has 0 saturated carbocycles. The van der Waals surface area contributed by atoms with E-state index in [2.05, 4.69) is 69.9 Å². The Bertz CT molecular complexity index is 896. The van der Waals surface area contributed by atoms with Gasteiger partial charge in [0.25, 0.3) is 0 Å². The molecule has 0 amide bonds. The van der Waals surface area contributed by atoms with Gasteiger partial charge in [0.1, 0.15) is 5.65 Å². The van der Waals surface area contributed by atoms with Crippen molar-refractivity contribution in [1.82, 2.24) is 19.2 Å². The van der Waals surface area contributed by atoms with Crippen molar-refractivity contribution in [3.8, 4) is 0 Å². The van der Waals surface area contributed by atoms with E-state index in [1.54, 1.807) is 11.1 Å². The Kier molecular flexibility index (Phi) is 4.03. The van der Waals surface area contributed by atoms with Crippen LogP contribution < -0.4 is 0 Å². The van der Waals surface area contributed by atoms with E-state index in [4.69, 9.17) is 4.98 Å². The van der Waals surface area contributed by atoms with E-state index in [1.165, 1.54) is 37.2 Å². The number of rotatable bonds is 3. The van der Waals surface area contributed by atoms with Crippen molar-refractivity contribution in [2.24, 2.45) is 0 Å². The number of hydrogen-bond donors (Lipinski definition) is 0. The van der Waals surface area contributed by atoms with Crippen LogP contribution >= 0.6 is 0 Å². The second-order valence-electron chi connectivity index (χ2n) is 7.84. The third-order valence-corrected chi connectivity index (χ3v) is 6.00. The highest BCUT2D eigenvalue weighted by Crippen LogP contribution is 2.26. The molecule has 3 aromatic rings. The summed E-state index contributed by atoms with van der Waals surface area (Å²) in [5.41, 5.74) is 6.61. The average Bonchev–Trinajstić information content (AvgIpc) is 3.25. The Morgan fingerprint density at radius 3 is 2.46 bits per heavy atom. The summed E-state index contributed by atoms with van der Waals surface area (Å²) in [5.74, 6) is 0. The van der Waals surface area contributed by atoms with Crippen LogP contribution in [0.3, 0.4) is 0 Å². The summed E-state index contributed by atoms with van der Waals surface area (Å²) in [4.78, 5) is 10.0. The summed E-state index contributed by atoms with van der Waals surface area (Å²) >= 11 is 0. The van der Waals surface area contributed by atoms with Crippen LogP contribution in [0.5, 0.6) is 0 Å². The Hall–Kier alpha value is -2.17. The summed E-state index contributed by atoms with van der Waals surface area (Å²) in [7, 11) is 0. The van der Waals surface area contributed by atoms with Crippen LogP contribution in [0.4, 0.5) is 0 Å². The lowest BCUT2D eigenvalue weighted by Gasteiger charge is -2.37. The first-order chi connectivity index (χ1) is 12.7. The summed E-state index contributed by atoms with van der Waals surface area (Å²) in [6.45, 7) is 7.70. The van der Waals surface area contributed by atoms with Gasteiger partial charge in [-0.1, -0.05) is 24.3 Å². The number of benzene rings is 1. The zero-order valence-electron chi connectivity index (χ0n) is 15.4. The third-order valence-electron chi connectivity index (χ3n) is 6.00. The van der Waals surface area contributed by atoms with Gasteiger partial charge in [0, 0.05) is 51.2 Å². The molecule has 0 bridgehead atoms. The van der Waals surface area contributed by atoms with Gasteiger partial charge < -0.3 is 4.40 Å². The predicted molar refractivity (Wildman–Crippen MR) is 104 cm³/mol. The van der Waals surface area contributed by atoms with Crippen molar-refractivity contribution in [3.63, 3.8) is 0 Å². The van der Waals surface area contributed by atoms with E-state index < -0.39 is 0 Å². The first-order valence-electron chi connectivity index (χ1n) is 9.72. The fourth-order valence-electron chi connectivity index (χ4n) is 4.52. The number of nitrogens with zero attached hydrogens (tertiary/aromatic N) is 4. The maximum Gasteiger partial charge on any atom is 0.137 e. The van der Waals surface area contributed by atoms with Gasteiger partial charge in [0.2, 0.25) is 0 Å². The molecule has 1 saturated heterocycles. The molecule has 1 aliphatic heterocycles. The van der Waals surface area contributed by atoms with Gasteiger partial charge in [-0.25, -0.2) is 4.98 Å². The van der Waals surface area contributed by atoms with Crippen molar-refractivity contribution < 1.29 is 0 Å². The smallest absolute Gasteiger partial charge is 0.137 e. The van der Waals surface area contributed by atoms with E-state index in [1.807, 2.05) is 0 Å². The van der Waals surface area contributed by atoms with E-state index in [0.29, 0.717) is 6.04 Å². The Labute approximate surface area is 155 Å². The van der Waals surface area contributed by atoms with Gasteiger partial charge in [0.05, 0.1) is 5.69 Å². The summed E-state index contributed by atoms with van der Waals surface area (Å²) in [6, 6.07) is 13.9. The van der Waals surface area contributed by atoms with E-state index >= 15 is 0 Å². The molecule has 4 nitrogen and oxygen atoms in total. The lowest BCUT2D eigenvalue weighted by molar-refractivity contribution is 0.0942. The average molecular weight is 346 g/mol. The lowest BCUT2D eigenvalue weighted by atomic mass is 10.1. The van der Waals surface area contributed by atoms with Crippen LogP contribution in [0.15, 0.2) is 48.8 Å². The van der Waals surface area contributed by atoms with Gasteiger partial charge in [-0.2, -0.15) is 0 Å². The molecular weight excluding hydrogens is 320 g/mol. The first kappa shape index (κ1) is 16.0. The molecule has 2 aliphatic rings. The molecule has 2 aromatic heterocycles. The highest BCUT2D eigenvalue weighted by atomic mass is 15.3. The number of imidazole rings is 1. The highest BCUT2D eigenvalue weighted by molar-refractivity contribution is 5.42. The van der Waals surface area contributed by atoms with Crippen molar-refractivity contribution in [3.05, 3.63) is 71.2 Å². The van der Waals surface area contributed by atoms with Crippen LogP contribution in [0, 0.1) is 6.92 Å². The largest absolute Gasteiger partial charge is 0.307 e. The minimum absolute atomic E-state index is 0.702. The molecule has 134 valence electrons. The zero-order valence-corrected chi connectivity index (χ0v) is 15.4. The molecule has 1 aromatic carbocycles. The van der Waals surface area contributed by atoms with Crippen molar-refractivity contribution in [1.29, 1.82) is 0 Å². The predicted octanol–water partition coefficient (Wildman–Crippen LogP) is 2.93. The van der Waals surface area contributed by atoms with E-state index in [0.717, 1.165) is 25.3 Å². The molecule has 0 radical (unpaired) electrons. The fourth-order valence-corrected chi connectivity index (χ4v) is 4.52. The minimum Gasteiger partial charge on any atom is -0.307 e. The van der Waals surface area contributed by atoms with Crippen LogP contribution in [0.25, 0.3) is 5.65 Å². The Morgan fingerprint density at radius 1 is 1.00 bits per heavy atom. The van der Waals surface area contributed by atoms with Crippen LogP contribution in [-0.4, -0.2) is 51.4 Å². The van der Waals surface area contributed by atoms with Crippen LogP contribution in [-0.2, 0) is 19.4 Å². The molecule has 0 spiro atoms. The maximum atomic E-state index is 4.80. The molecule has 1 fully saturated rings. The van der Waals surface area contributed by atoms with Crippen molar-refractivity contribution >= 4 is 5.65 Å². The van der Waals surface area contributed by atoms with Gasteiger partial charge in [-0.3, -0.25) is 9.80 Å². The SMILES string of the molecule is Cc1ccn2cc(CN3CCN(C4Cc5ccccc5C4)CC3)nc2c1. The van der Waals surface area contributed by atoms with Gasteiger partial charge in [-0.15, -0.1) is 0 Å².